The van der Waals surface area contributed by atoms with Crippen molar-refractivity contribution in [3.63, 3.8) is 0 Å². The van der Waals surface area contributed by atoms with Crippen LogP contribution < -0.4 is 5.43 Å². The van der Waals surface area contributed by atoms with Crippen LogP contribution in [0, 0.1) is 5.92 Å². The largest absolute Gasteiger partial charge is 0.480 e. The van der Waals surface area contributed by atoms with Crippen LogP contribution in [-0.2, 0) is 4.79 Å². The molecule has 0 aromatic heterocycles. The molecule has 18 heavy (non-hydrogen) atoms. The lowest BCUT2D eigenvalue weighted by molar-refractivity contribution is -0.137. The first-order valence-electron chi connectivity index (χ1n) is 6.51. The first kappa shape index (κ1) is 14.8. The summed E-state index contributed by atoms with van der Waals surface area (Å²) in [6.45, 7) is 5.80. The fraction of sp³-hybridized carbons (Fsp3) is 0.833. The number of carboxylic acid groups (broad SMARTS) is 1. The third-order valence-corrected chi connectivity index (χ3v) is 2.81. The number of hydrogen-bond donors (Lipinski definition) is 2. The number of rotatable bonds is 5. The van der Waals surface area contributed by atoms with E-state index in [2.05, 4.69) is 5.43 Å². The van der Waals surface area contributed by atoms with E-state index >= 15 is 0 Å². The summed E-state index contributed by atoms with van der Waals surface area (Å²) in [5, 5.41) is 10.7. The molecule has 0 saturated carbocycles. The highest BCUT2D eigenvalue weighted by molar-refractivity contribution is 5.79. The minimum atomic E-state index is -0.982. The second kappa shape index (κ2) is 7.20. The summed E-state index contributed by atoms with van der Waals surface area (Å²) in [4.78, 5) is 24.1. The van der Waals surface area contributed by atoms with Crippen molar-refractivity contribution in [2.45, 2.75) is 33.1 Å². The lowest BCUT2D eigenvalue weighted by Crippen LogP contribution is -2.52. The number of nitrogens with one attached hydrogen (secondary N) is 1. The molecular formula is C12H23N3O3. The summed E-state index contributed by atoms with van der Waals surface area (Å²) in [7, 11) is 0. The van der Waals surface area contributed by atoms with Crippen LogP contribution in [-0.4, -0.2) is 53.2 Å². The molecule has 1 aliphatic heterocycles. The van der Waals surface area contributed by atoms with Gasteiger partial charge >= 0.3 is 12.0 Å². The molecule has 0 aromatic rings. The van der Waals surface area contributed by atoms with Gasteiger partial charge in [-0.3, -0.25) is 10.2 Å². The van der Waals surface area contributed by atoms with Gasteiger partial charge in [0.05, 0.1) is 0 Å². The van der Waals surface area contributed by atoms with Gasteiger partial charge in [-0.2, -0.15) is 0 Å². The Morgan fingerprint density at radius 1 is 1.28 bits per heavy atom. The van der Waals surface area contributed by atoms with Crippen LogP contribution in [0.5, 0.6) is 0 Å². The van der Waals surface area contributed by atoms with Crippen molar-refractivity contribution in [3.8, 4) is 0 Å². The van der Waals surface area contributed by atoms with Crippen LogP contribution in [0.15, 0.2) is 0 Å². The van der Waals surface area contributed by atoms with Gasteiger partial charge in [0, 0.05) is 19.6 Å². The van der Waals surface area contributed by atoms with Gasteiger partial charge in [0.1, 0.15) is 6.54 Å². The third-order valence-electron chi connectivity index (χ3n) is 2.81. The molecule has 0 atom stereocenters. The monoisotopic (exact) mass is 257 g/mol. The van der Waals surface area contributed by atoms with Gasteiger partial charge in [0.15, 0.2) is 0 Å². The van der Waals surface area contributed by atoms with E-state index < -0.39 is 5.97 Å². The Kier molecular flexibility index (Phi) is 5.91. The van der Waals surface area contributed by atoms with Crippen molar-refractivity contribution in [3.05, 3.63) is 0 Å². The number of urea groups is 1. The maximum Gasteiger partial charge on any atom is 0.332 e. The molecule has 1 saturated heterocycles. The number of aliphatic carboxylic acids is 1. The van der Waals surface area contributed by atoms with Gasteiger partial charge in [-0.1, -0.05) is 20.3 Å². The lowest BCUT2D eigenvalue weighted by atomic mass is 10.2. The second-order valence-corrected chi connectivity index (χ2v) is 5.13. The predicted octanol–water partition coefficient (Wildman–Crippen LogP) is 1.14. The van der Waals surface area contributed by atoms with Crippen molar-refractivity contribution in [2.24, 2.45) is 5.92 Å². The van der Waals surface area contributed by atoms with Crippen molar-refractivity contribution in [1.29, 1.82) is 0 Å². The number of piperidine rings is 1. The summed E-state index contributed by atoms with van der Waals surface area (Å²) in [5.74, 6) is -0.735. The zero-order valence-corrected chi connectivity index (χ0v) is 11.2. The van der Waals surface area contributed by atoms with E-state index in [9.17, 15) is 9.59 Å². The Morgan fingerprint density at radius 3 is 2.39 bits per heavy atom. The van der Waals surface area contributed by atoms with Gasteiger partial charge < -0.3 is 10.0 Å². The molecule has 0 radical (unpaired) electrons. The van der Waals surface area contributed by atoms with Crippen LogP contribution in [0.2, 0.25) is 0 Å². The summed E-state index contributed by atoms with van der Waals surface area (Å²) < 4.78 is 0. The smallest absolute Gasteiger partial charge is 0.332 e. The van der Waals surface area contributed by atoms with Gasteiger partial charge in [-0.05, 0) is 18.8 Å². The van der Waals surface area contributed by atoms with Crippen LogP contribution in [0.25, 0.3) is 0 Å². The molecule has 0 aromatic carbocycles. The molecule has 1 aliphatic rings. The average Bonchev–Trinajstić information content (AvgIpc) is 2.28. The quantitative estimate of drug-likeness (QED) is 0.774. The maximum atomic E-state index is 12.0. The lowest BCUT2D eigenvalue weighted by Gasteiger charge is -2.30. The Bertz CT molecular complexity index is 288. The molecule has 0 unspecified atom stereocenters. The summed E-state index contributed by atoms with van der Waals surface area (Å²) in [5.41, 5.74) is 2.79. The number of carbonyl (C=O) groups excluding carboxylic acids is 1. The van der Waals surface area contributed by atoms with E-state index in [1.54, 1.807) is 0 Å². The zero-order valence-electron chi connectivity index (χ0n) is 11.2. The van der Waals surface area contributed by atoms with Crippen molar-refractivity contribution < 1.29 is 14.7 Å². The van der Waals surface area contributed by atoms with Crippen LogP contribution >= 0.6 is 0 Å². The van der Waals surface area contributed by atoms with Gasteiger partial charge in [-0.15, -0.1) is 0 Å². The summed E-state index contributed by atoms with van der Waals surface area (Å²) in [6.07, 6.45) is 3.34. The molecule has 0 spiro atoms. The van der Waals surface area contributed by atoms with Gasteiger partial charge in [0.25, 0.3) is 0 Å². The fourth-order valence-electron chi connectivity index (χ4n) is 2.03. The number of amides is 2. The molecule has 2 amide bonds. The number of hydrogen-bond acceptors (Lipinski definition) is 3. The average molecular weight is 257 g/mol. The summed E-state index contributed by atoms with van der Waals surface area (Å²) >= 11 is 0. The first-order valence-corrected chi connectivity index (χ1v) is 6.51. The van der Waals surface area contributed by atoms with E-state index in [4.69, 9.17) is 5.11 Å². The third kappa shape index (κ3) is 5.35. The van der Waals surface area contributed by atoms with Crippen molar-refractivity contribution in [1.82, 2.24) is 15.3 Å². The maximum absolute atomic E-state index is 12.0. The Balaban J connectivity index is 2.48. The highest BCUT2D eigenvalue weighted by Crippen LogP contribution is 2.07. The molecule has 1 fully saturated rings. The predicted molar refractivity (Wildman–Crippen MR) is 68.0 cm³/mol. The number of nitrogens with zero attached hydrogens (tertiary/aromatic N) is 2. The van der Waals surface area contributed by atoms with Crippen LogP contribution in [0.4, 0.5) is 4.79 Å². The topological polar surface area (TPSA) is 72.9 Å². The molecule has 0 aliphatic carbocycles. The van der Waals surface area contributed by atoms with E-state index in [0.717, 1.165) is 25.9 Å². The fourth-order valence-corrected chi connectivity index (χ4v) is 2.03. The van der Waals surface area contributed by atoms with Crippen molar-refractivity contribution >= 4 is 12.0 Å². The van der Waals surface area contributed by atoms with Crippen LogP contribution in [0.1, 0.15) is 33.1 Å². The zero-order chi connectivity index (χ0) is 13.5. The number of carbonyl (C=O) groups is 2. The second-order valence-electron chi connectivity index (χ2n) is 5.13. The standard InChI is InChI=1S/C12H23N3O3/c1-10(2)8-14(9-11(16)17)12(18)13-15-6-4-3-5-7-15/h10H,3-9H2,1-2H3,(H,13,18)(H,16,17). The molecule has 2 N–H and O–H groups in total. The van der Waals surface area contributed by atoms with Gasteiger partial charge in [0.2, 0.25) is 0 Å². The highest BCUT2D eigenvalue weighted by Gasteiger charge is 2.20. The minimum absolute atomic E-state index is 0.247. The Morgan fingerprint density at radius 2 is 1.89 bits per heavy atom. The van der Waals surface area contributed by atoms with E-state index in [1.807, 2.05) is 18.9 Å². The number of hydrazine groups is 1. The molecule has 0 bridgehead atoms. The minimum Gasteiger partial charge on any atom is -0.480 e. The Labute approximate surface area is 108 Å². The van der Waals surface area contributed by atoms with E-state index in [0.29, 0.717) is 6.54 Å². The molecular weight excluding hydrogens is 234 g/mol. The SMILES string of the molecule is CC(C)CN(CC(=O)O)C(=O)NN1CCCCC1. The number of carboxylic acids is 1. The normalized spacial score (nSPS) is 16.6. The Hall–Kier alpha value is -1.30. The van der Waals surface area contributed by atoms with Crippen LogP contribution in [0.3, 0.4) is 0 Å². The van der Waals surface area contributed by atoms with Crippen molar-refractivity contribution in [2.75, 3.05) is 26.2 Å². The molecule has 1 rings (SSSR count). The molecule has 6 heteroatoms. The van der Waals surface area contributed by atoms with E-state index in [1.165, 1.54) is 11.3 Å². The molecule has 1 heterocycles. The molecule has 104 valence electrons. The highest BCUT2D eigenvalue weighted by atomic mass is 16.4. The van der Waals surface area contributed by atoms with Gasteiger partial charge in [-0.25, -0.2) is 9.80 Å². The first-order chi connectivity index (χ1) is 8.49. The van der Waals surface area contributed by atoms with E-state index in [-0.39, 0.29) is 18.5 Å². The molecule has 6 nitrogen and oxygen atoms in total. The summed E-state index contributed by atoms with van der Waals surface area (Å²) in [6, 6.07) is -0.312.